The summed E-state index contributed by atoms with van der Waals surface area (Å²) in [6.07, 6.45) is 1.22. The molecule has 0 saturated carbocycles. The highest BCUT2D eigenvalue weighted by Gasteiger charge is 2.39. The monoisotopic (exact) mass is 440 g/mol. The minimum atomic E-state index is -0.739. The van der Waals surface area contributed by atoms with Crippen LogP contribution < -0.4 is 5.73 Å². The van der Waals surface area contributed by atoms with Gasteiger partial charge in [0, 0.05) is 6.42 Å². The first-order valence-electron chi connectivity index (χ1n) is 11.1. The van der Waals surface area contributed by atoms with Gasteiger partial charge in [0.2, 0.25) is 5.88 Å². The van der Waals surface area contributed by atoms with E-state index in [1.54, 1.807) is 6.92 Å². The Bertz CT molecular complexity index is 963. The Hall–Kier alpha value is -2.94. The van der Waals surface area contributed by atoms with Crippen molar-refractivity contribution in [3.05, 3.63) is 51.6 Å². The largest absolute Gasteiger partial charge is 0.507 e. The number of phenols is 1. The average molecular weight is 441 g/mol. The van der Waals surface area contributed by atoms with Gasteiger partial charge in [-0.15, -0.1) is 0 Å². The summed E-state index contributed by atoms with van der Waals surface area (Å²) in [4.78, 5) is 13.1. The van der Waals surface area contributed by atoms with E-state index < -0.39 is 11.9 Å². The number of carbonyl (C=O) groups is 1. The lowest BCUT2D eigenvalue weighted by Gasteiger charge is -2.32. The topological polar surface area (TPSA) is 106 Å². The molecule has 1 heterocycles. The van der Waals surface area contributed by atoms with Crippen LogP contribution in [-0.4, -0.2) is 17.7 Å². The van der Waals surface area contributed by atoms with Gasteiger partial charge in [0.1, 0.15) is 23.2 Å². The second-order valence-electron chi connectivity index (χ2n) is 10.2. The molecule has 1 aromatic carbocycles. The van der Waals surface area contributed by atoms with E-state index in [2.05, 4.69) is 6.07 Å². The molecule has 1 aromatic rings. The Morgan fingerprint density at radius 1 is 1.16 bits per heavy atom. The van der Waals surface area contributed by atoms with Crippen LogP contribution in [0, 0.1) is 11.3 Å². The van der Waals surface area contributed by atoms with Crippen molar-refractivity contribution in [3.63, 3.8) is 0 Å². The lowest BCUT2D eigenvalue weighted by molar-refractivity contribution is -0.139. The fraction of sp³-hybridized carbons (Fsp3) is 0.538. The van der Waals surface area contributed by atoms with E-state index in [-0.39, 0.29) is 34.6 Å². The van der Waals surface area contributed by atoms with E-state index in [1.165, 1.54) is 0 Å². The fourth-order valence-electron chi connectivity index (χ4n) is 3.96. The molecule has 32 heavy (non-hydrogen) atoms. The number of hydrogen-bond donors (Lipinski definition) is 2. The van der Waals surface area contributed by atoms with Crippen molar-refractivity contribution in [2.75, 3.05) is 6.61 Å². The zero-order valence-electron chi connectivity index (χ0n) is 20.5. The quantitative estimate of drug-likeness (QED) is 0.593. The lowest BCUT2D eigenvalue weighted by atomic mass is 9.74. The average Bonchev–Trinajstić information content (AvgIpc) is 2.66. The molecule has 2 rings (SSSR count). The van der Waals surface area contributed by atoms with Crippen LogP contribution >= 0.6 is 0 Å². The van der Waals surface area contributed by atoms with Crippen LogP contribution in [0.1, 0.15) is 90.8 Å². The second kappa shape index (κ2) is 9.28. The van der Waals surface area contributed by atoms with Crippen LogP contribution in [-0.2, 0) is 25.1 Å². The molecule has 1 aliphatic rings. The number of carbonyl (C=O) groups excluding carboxylic acids is 1. The Morgan fingerprint density at radius 3 is 2.09 bits per heavy atom. The SMILES string of the molecule is CCCC1=C(C(=O)OCC)[C@@H](c2cc(C(C)(C)C)c(O)c(C(C)(C)C)c2)C(C#N)=C(N)O1. The first kappa shape index (κ1) is 25.3. The van der Waals surface area contributed by atoms with Gasteiger partial charge in [-0.1, -0.05) is 60.6 Å². The molecule has 0 saturated heterocycles. The number of ether oxygens (including phenoxy) is 2. The normalized spacial score (nSPS) is 17.2. The minimum absolute atomic E-state index is 0.00306. The van der Waals surface area contributed by atoms with Crippen molar-refractivity contribution < 1.29 is 19.4 Å². The number of rotatable bonds is 5. The summed E-state index contributed by atoms with van der Waals surface area (Å²) in [6, 6.07) is 5.89. The van der Waals surface area contributed by atoms with Gasteiger partial charge in [0.05, 0.1) is 18.1 Å². The van der Waals surface area contributed by atoms with Crippen LogP contribution in [0.4, 0.5) is 0 Å². The van der Waals surface area contributed by atoms with E-state index in [9.17, 15) is 15.2 Å². The highest BCUT2D eigenvalue weighted by molar-refractivity contribution is 5.92. The van der Waals surface area contributed by atoms with Crippen LogP contribution in [0.5, 0.6) is 5.75 Å². The molecule has 0 radical (unpaired) electrons. The van der Waals surface area contributed by atoms with Gasteiger partial charge in [-0.2, -0.15) is 5.26 Å². The van der Waals surface area contributed by atoms with Crippen LogP contribution in [0.15, 0.2) is 34.9 Å². The number of aromatic hydroxyl groups is 1. The Morgan fingerprint density at radius 2 is 1.69 bits per heavy atom. The molecule has 0 spiro atoms. The van der Waals surface area contributed by atoms with E-state index >= 15 is 0 Å². The van der Waals surface area contributed by atoms with Crippen molar-refractivity contribution in [2.45, 2.75) is 85.0 Å². The third kappa shape index (κ3) is 4.93. The van der Waals surface area contributed by atoms with Crippen LogP contribution in [0.2, 0.25) is 0 Å². The highest BCUT2D eigenvalue weighted by Crippen LogP contribution is 2.46. The van der Waals surface area contributed by atoms with Crippen molar-refractivity contribution in [2.24, 2.45) is 5.73 Å². The molecular weight excluding hydrogens is 404 g/mol. The van der Waals surface area contributed by atoms with E-state index in [4.69, 9.17) is 15.2 Å². The second-order valence-corrected chi connectivity index (χ2v) is 10.2. The molecule has 6 heteroatoms. The predicted octanol–water partition coefficient (Wildman–Crippen LogP) is 5.41. The van der Waals surface area contributed by atoms with Crippen molar-refractivity contribution in [1.29, 1.82) is 5.26 Å². The number of nitrogens with two attached hydrogens (primary N) is 1. The van der Waals surface area contributed by atoms with Gasteiger partial charge < -0.3 is 20.3 Å². The smallest absolute Gasteiger partial charge is 0.338 e. The summed E-state index contributed by atoms with van der Waals surface area (Å²) < 4.78 is 11.1. The molecule has 0 fully saturated rings. The molecular formula is C26H36N2O4. The summed E-state index contributed by atoms with van der Waals surface area (Å²) in [6.45, 7) is 16.0. The maximum Gasteiger partial charge on any atom is 0.338 e. The molecule has 3 N–H and O–H groups in total. The number of allylic oxidation sites excluding steroid dienone is 2. The standard InChI is InChI=1S/C26H36N2O4/c1-9-11-19-21(24(30)31-10-2)20(16(14-27)23(28)32-19)15-12-17(25(3,4)5)22(29)18(13-15)26(6,7)8/h12-13,20,29H,9-11,28H2,1-8H3/t20-/m0/s1. The molecule has 1 atom stereocenters. The summed E-state index contributed by atoms with van der Waals surface area (Å²) in [5.41, 5.74) is 8.06. The summed E-state index contributed by atoms with van der Waals surface area (Å²) in [7, 11) is 0. The number of esters is 1. The molecule has 0 unspecified atom stereocenters. The fourth-order valence-corrected chi connectivity index (χ4v) is 3.96. The highest BCUT2D eigenvalue weighted by atomic mass is 16.5. The molecule has 0 bridgehead atoms. The van der Waals surface area contributed by atoms with Gasteiger partial charge in [-0.05, 0) is 40.9 Å². The first-order chi connectivity index (χ1) is 14.8. The molecule has 1 aliphatic heterocycles. The zero-order valence-corrected chi connectivity index (χ0v) is 20.5. The van der Waals surface area contributed by atoms with Crippen molar-refractivity contribution in [1.82, 2.24) is 0 Å². The zero-order chi connectivity index (χ0) is 24.4. The van der Waals surface area contributed by atoms with Gasteiger partial charge >= 0.3 is 5.97 Å². The molecule has 0 aliphatic carbocycles. The van der Waals surface area contributed by atoms with Gasteiger partial charge in [0.15, 0.2) is 0 Å². The number of hydrogen-bond acceptors (Lipinski definition) is 6. The van der Waals surface area contributed by atoms with E-state index in [0.717, 1.165) is 17.5 Å². The van der Waals surface area contributed by atoms with Crippen molar-refractivity contribution >= 4 is 5.97 Å². The van der Waals surface area contributed by atoms with E-state index in [1.807, 2.05) is 60.6 Å². The predicted molar refractivity (Wildman–Crippen MR) is 125 cm³/mol. The molecule has 174 valence electrons. The van der Waals surface area contributed by atoms with Crippen LogP contribution in [0.3, 0.4) is 0 Å². The lowest BCUT2D eigenvalue weighted by Crippen LogP contribution is -2.27. The summed E-state index contributed by atoms with van der Waals surface area (Å²) in [5.74, 6) is -0.611. The molecule has 6 nitrogen and oxygen atoms in total. The minimum Gasteiger partial charge on any atom is -0.507 e. The van der Waals surface area contributed by atoms with Gasteiger partial charge in [-0.3, -0.25) is 0 Å². The summed E-state index contributed by atoms with van der Waals surface area (Å²) >= 11 is 0. The summed E-state index contributed by atoms with van der Waals surface area (Å²) in [5, 5.41) is 21.1. The maximum atomic E-state index is 13.1. The Balaban J connectivity index is 2.95. The Labute approximate surface area is 191 Å². The number of benzene rings is 1. The first-order valence-corrected chi connectivity index (χ1v) is 11.1. The van der Waals surface area contributed by atoms with Crippen molar-refractivity contribution in [3.8, 4) is 11.8 Å². The number of nitriles is 1. The number of nitrogens with zero attached hydrogens (tertiary/aromatic N) is 1. The number of phenolic OH excluding ortho intramolecular Hbond substituents is 1. The molecule has 0 aromatic heterocycles. The van der Waals surface area contributed by atoms with E-state index in [0.29, 0.717) is 23.3 Å². The maximum absolute atomic E-state index is 13.1. The molecule has 0 amide bonds. The Kier molecular flexibility index (Phi) is 7.34. The van der Waals surface area contributed by atoms with Crippen LogP contribution in [0.25, 0.3) is 0 Å². The third-order valence-electron chi connectivity index (χ3n) is 5.55. The van der Waals surface area contributed by atoms with Gasteiger partial charge in [-0.25, -0.2) is 4.79 Å². The van der Waals surface area contributed by atoms with Gasteiger partial charge in [0.25, 0.3) is 0 Å². The third-order valence-corrected chi connectivity index (χ3v) is 5.55.